The van der Waals surface area contributed by atoms with Crippen LogP contribution in [0, 0.1) is 18.3 Å². The highest BCUT2D eigenvalue weighted by atomic mass is 35.5. The third-order valence-corrected chi connectivity index (χ3v) is 3.97. The maximum atomic E-state index is 12.2. The van der Waals surface area contributed by atoms with Gasteiger partial charge in [-0.15, -0.1) is 0 Å². The van der Waals surface area contributed by atoms with E-state index in [1.165, 1.54) is 13.3 Å². The van der Waals surface area contributed by atoms with Gasteiger partial charge in [0.1, 0.15) is 17.4 Å². The van der Waals surface area contributed by atoms with Gasteiger partial charge in [0.25, 0.3) is 5.91 Å². The monoisotopic (exact) mass is 375 g/mol. The molecule has 0 aliphatic rings. The van der Waals surface area contributed by atoms with Gasteiger partial charge in [-0.25, -0.2) is 0 Å². The van der Waals surface area contributed by atoms with Crippen LogP contribution in [-0.2, 0) is 4.79 Å². The van der Waals surface area contributed by atoms with Gasteiger partial charge in [0.2, 0.25) is 0 Å². The van der Waals surface area contributed by atoms with Crippen LogP contribution >= 0.6 is 23.2 Å². The van der Waals surface area contributed by atoms with Crippen LogP contribution in [0.2, 0.25) is 10.0 Å². The molecule has 0 unspecified atom stereocenters. The van der Waals surface area contributed by atoms with Crippen molar-refractivity contribution in [1.29, 1.82) is 5.26 Å². The molecule has 0 aliphatic carbocycles. The van der Waals surface area contributed by atoms with Gasteiger partial charge in [-0.05, 0) is 42.8 Å². The number of halogens is 2. The van der Waals surface area contributed by atoms with Crippen molar-refractivity contribution in [3.8, 4) is 11.8 Å². The van der Waals surface area contributed by atoms with Gasteiger partial charge in [0, 0.05) is 21.9 Å². The zero-order valence-corrected chi connectivity index (χ0v) is 15.1. The molecule has 128 valence electrons. The Balaban J connectivity index is 2.17. The van der Waals surface area contributed by atoms with Crippen molar-refractivity contribution in [1.82, 2.24) is 0 Å². The summed E-state index contributed by atoms with van der Waals surface area (Å²) < 4.78 is 5.20. The molecule has 0 atom stereocenters. The first kappa shape index (κ1) is 18.7. The second-order valence-electron chi connectivity index (χ2n) is 5.08. The number of carbonyl (C=O) groups excluding carboxylic acids is 1. The Bertz CT molecular complexity index is 873. The molecule has 0 fully saturated rings. The summed E-state index contributed by atoms with van der Waals surface area (Å²) in [6.45, 7) is 1.86. The van der Waals surface area contributed by atoms with Gasteiger partial charge in [0.15, 0.2) is 0 Å². The molecule has 7 heteroatoms. The lowest BCUT2D eigenvalue weighted by Crippen LogP contribution is -2.14. The summed E-state index contributed by atoms with van der Waals surface area (Å²) in [7, 11) is 1.51. The number of anilines is 2. The molecule has 2 aromatic rings. The van der Waals surface area contributed by atoms with Gasteiger partial charge < -0.3 is 15.4 Å². The molecule has 1 amide bonds. The van der Waals surface area contributed by atoms with Crippen LogP contribution in [0.25, 0.3) is 0 Å². The molecule has 0 aliphatic heterocycles. The number of hydrogen-bond acceptors (Lipinski definition) is 4. The summed E-state index contributed by atoms with van der Waals surface area (Å²) in [6, 6.07) is 11.9. The van der Waals surface area contributed by atoms with E-state index in [4.69, 9.17) is 27.9 Å². The minimum absolute atomic E-state index is 0.112. The first-order valence-corrected chi connectivity index (χ1v) is 7.98. The largest absolute Gasteiger partial charge is 0.495 e. The number of hydrogen-bond donors (Lipinski definition) is 2. The molecule has 2 rings (SSSR count). The standard InChI is InChI=1S/C18H15Cl2N3O2/c1-11-3-5-14(8-15(11)20)23-18(24)12(9-21)10-22-16-7-13(19)4-6-17(16)25-2/h3-8,10,22H,1-2H3,(H,23,24)/b12-10-. The number of aryl methyl sites for hydroxylation is 1. The van der Waals surface area contributed by atoms with Gasteiger partial charge in [-0.2, -0.15) is 5.26 Å². The number of rotatable bonds is 5. The molecule has 5 nitrogen and oxygen atoms in total. The van der Waals surface area contributed by atoms with Crippen molar-refractivity contribution in [3.63, 3.8) is 0 Å². The van der Waals surface area contributed by atoms with Crippen LogP contribution in [0.3, 0.4) is 0 Å². The summed E-state index contributed by atoms with van der Waals surface area (Å²) in [6.07, 6.45) is 1.29. The minimum Gasteiger partial charge on any atom is -0.495 e. The number of nitriles is 1. The molecule has 0 saturated heterocycles. The van der Waals surface area contributed by atoms with E-state index in [0.717, 1.165) is 5.56 Å². The van der Waals surface area contributed by atoms with E-state index >= 15 is 0 Å². The van der Waals surface area contributed by atoms with Crippen LogP contribution in [0.5, 0.6) is 5.75 Å². The topological polar surface area (TPSA) is 74.1 Å². The average molecular weight is 376 g/mol. The molecular formula is C18H15Cl2N3O2. The molecule has 0 bridgehead atoms. The Morgan fingerprint density at radius 1 is 1.24 bits per heavy atom. The lowest BCUT2D eigenvalue weighted by molar-refractivity contribution is -0.112. The van der Waals surface area contributed by atoms with E-state index in [9.17, 15) is 10.1 Å². The fourth-order valence-corrected chi connectivity index (χ4v) is 2.31. The summed E-state index contributed by atoms with van der Waals surface area (Å²) in [5.41, 5.74) is 1.82. The quantitative estimate of drug-likeness (QED) is 0.582. The molecule has 25 heavy (non-hydrogen) atoms. The summed E-state index contributed by atoms with van der Waals surface area (Å²) >= 11 is 12.0. The molecule has 2 aromatic carbocycles. The molecule has 0 aromatic heterocycles. The third kappa shape index (κ3) is 4.90. The summed E-state index contributed by atoms with van der Waals surface area (Å²) in [4.78, 5) is 12.2. The van der Waals surface area contributed by atoms with Crippen molar-refractivity contribution in [2.75, 3.05) is 17.7 Å². The Hall–Kier alpha value is -2.68. The lowest BCUT2D eigenvalue weighted by atomic mass is 10.2. The lowest BCUT2D eigenvalue weighted by Gasteiger charge is -2.09. The normalized spacial score (nSPS) is 10.8. The first-order chi connectivity index (χ1) is 11.9. The van der Waals surface area contributed by atoms with Crippen LogP contribution in [-0.4, -0.2) is 13.0 Å². The predicted molar refractivity (Wildman–Crippen MR) is 100 cm³/mol. The SMILES string of the molecule is COc1ccc(Cl)cc1N/C=C(/C#N)C(=O)Nc1ccc(C)c(Cl)c1. The number of nitrogens with zero attached hydrogens (tertiary/aromatic N) is 1. The van der Waals surface area contributed by atoms with E-state index in [1.807, 2.05) is 13.0 Å². The van der Waals surface area contributed by atoms with Crippen molar-refractivity contribution < 1.29 is 9.53 Å². The van der Waals surface area contributed by atoms with Crippen molar-refractivity contribution in [3.05, 3.63) is 63.8 Å². The predicted octanol–water partition coefficient (Wildman–Crippen LogP) is 4.77. The van der Waals surface area contributed by atoms with Gasteiger partial charge in [0.05, 0.1) is 12.8 Å². The number of methoxy groups -OCH3 is 1. The smallest absolute Gasteiger partial charge is 0.267 e. The van der Waals surface area contributed by atoms with E-state index in [0.29, 0.717) is 27.2 Å². The molecule has 2 N–H and O–H groups in total. The molecule has 0 heterocycles. The number of ether oxygens (including phenoxy) is 1. The summed E-state index contributed by atoms with van der Waals surface area (Å²) in [5.74, 6) is -0.0282. The van der Waals surface area contributed by atoms with Crippen LogP contribution < -0.4 is 15.4 Å². The van der Waals surface area contributed by atoms with E-state index in [1.54, 1.807) is 36.4 Å². The van der Waals surface area contributed by atoms with Crippen molar-refractivity contribution in [2.45, 2.75) is 6.92 Å². The van der Waals surface area contributed by atoms with E-state index in [-0.39, 0.29) is 5.57 Å². The second kappa shape index (κ2) is 8.43. The fraction of sp³-hybridized carbons (Fsp3) is 0.111. The first-order valence-electron chi connectivity index (χ1n) is 7.22. The Morgan fingerprint density at radius 3 is 2.64 bits per heavy atom. The fourth-order valence-electron chi connectivity index (χ4n) is 1.96. The maximum absolute atomic E-state index is 12.2. The molecule has 0 saturated carbocycles. The van der Waals surface area contributed by atoms with E-state index < -0.39 is 5.91 Å². The Labute approximate surface area is 155 Å². The summed E-state index contributed by atoms with van der Waals surface area (Å²) in [5, 5.41) is 15.7. The Kier molecular flexibility index (Phi) is 6.29. The zero-order chi connectivity index (χ0) is 18.4. The van der Waals surface area contributed by atoms with Crippen LogP contribution in [0.1, 0.15) is 5.56 Å². The number of benzene rings is 2. The zero-order valence-electron chi connectivity index (χ0n) is 13.6. The highest BCUT2D eigenvalue weighted by Crippen LogP contribution is 2.28. The van der Waals surface area contributed by atoms with Crippen LogP contribution in [0.4, 0.5) is 11.4 Å². The molecule has 0 spiro atoms. The van der Waals surface area contributed by atoms with Gasteiger partial charge >= 0.3 is 0 Å². The van der Waals surface area contributed by atoms with Crippen LogP contribution in [0.15, 0.2) is 48.2 Å². The maximum Gasteiger partial charge on any atom is 0.267 e. The molecule has 0 radical (unpaired) electrons. The highest BCUT2D eigenvalue weighted by molar-refractivity contribution is 6.31. The van der Waals surface area contributed by atoms with Crippen molar-refractivity contribution >= 4 is 40.5 Å². The third-order valence-electron chi connectivity index (χ3n) is 3.33. The number of amides is 1. The average Bonchev–Trinajstić information content (AvgIpc) is 2.59. The van der Waals surface area contributed by atoms with Gasteiger partial charge in [-0.3, -0.25) is 4.79 Å². The van der Waals surface area contributed by atoms with Crippen molar-refractivity contribution in [2.24, 2.45) is 0 Å². The number of carbonyl (C=O) groups is 1. The second-order valence-corrected chi connectivity index (χ2v) is 5.92. The van der Waals surface area contributed by atoms with Gasteiger partial charge in [-0.1, -0.05) is 29.3 Å². The highest BCUT2D eigenvalue weighted by Gasteiger charge is 2.11. The Morgan fingerprint density at radius 2 is 2.00 bits per heavy atom. The number of nitrogens with one attached hydrogen (secondary N) is 2. The minimum atomic E-state index is -0.559. The molecular weight excluding hydrogens is 361 g/mol. The van der Waals surface area contributed by atoms with E-state index in [2.05, 4.69) is 10.6 Å².